The van der Waals surface area contributed by atoms with Crippen molar-refractivity contribution < 1.29 is 39.5 Å². The topological polar surface area (TPSA) is 163 Å². The van der Waals surface area contributed by atoms with Gasteiger partial charge in [0.2, 0.25) is 0 Å². The lowest BCUT2D eigenvalue weighted by atomic mass is 10.3. The molecule has 0 spiro atoms. The Kier molecular flexibility index (Phi) is 5.08. The van der Waals surface area contributed by atoms with E-state index in [0.717, 1.165) is 5.69 Å². The summed E-state index contributed by atoms with van der Waals surface area (Å²) in [7, 11) is -4.94. The van der Waals surface area contributed by atoms with Gasteiger partial charge in [-0.1, -0.05) is 0 Å². The van der Waals surface area contributed by atoms with Gasteiger partial charge in [0.05, 0.1) is 4.92 Å². The van der Waals surface area contributed by atoms with Gasteiger partial charge in [0.25, 0.3) is 5.69 Å². The molecular weight excluding hydrogens is 232 g/mol. The first-order valence-electron chi connectivity index (χ1n) is 3.38. The van der Waals surface area contributed by atoms with Crippen molar-refractivity contribution in [3.63, 3.8) is 0 Å². The van der Waals surface area contributed by atoms with Crippen molar-refractivity contribution in [1.29, 1.82) is 0 Å². The Balaban J connectivity index is 0.000000336. The van der Waals surface area contributed by atoms with Crippen LogP contribution in [-0.2, 0) is 0 Å². The van der Waals surface area contributed by atoms with Crippen LogP contribution >= 0.6 is 0 Å². The fourth-order valence-electron chi connectivity index (χ4n) is 0.618. The number of non-ortho nitro benzene ring substituents is 1. The van der Waals surface area contributed by atoms with Crippen LogP contribution in [0.15, 0.2) is 24.3 Å². The van der Waals surface area contributed by atoms with Gasteiger partial charge < -0.3 is 5.73 Å². The molecule has 0 fully saturated rings. The normalized spacial score (nSPS) is 10.2. The number of nitrogens with zero attached hydrogens (tertiary/aromatic N) is 1. The Morgan fingerprint density at radius 2 is 1.40 bits per heavy atom. The zero-order chi connectivity index (χ0) is 12.1. The van der Waals surface area contributed by atoms with E-state index in [4.69, 9.17) is 18.6 Å². The summed E-state index contributed by atoms with van der Waals surface area (Å²) in [4.78, 5) is 9.67. The third-order valence-corrected chi connectivity index (χ3v) is 1.15. The van der Waals surface area contributed by atoms with Gasteiger partial charge in [-0.2, -0.15) is 0 Å². The average Bonchev–Trinajstić information content (AvgIpc) is 2.01. The van der Waals surface area contributed by atoms with Gasteiger partial charge in [-0.05, 0) is 0 Å². The molecule has 0 atom stereocenters. The minimum Gasteiger partial charge on any atom is -0.325 e. The molecule has 0 unspecified atom stereocenters. The number of benzene rings is 1. The summed E-state index contributed by atoms with van der Waals surface area (Å²) in [6.07, 6.45) is 0. The van der Waals surface area contributed by atoms with Gasteiger partial charge in [0.1, 0.15) is 5.69 Å². The molecule has 84 valence electrons. The number of hydrogen-bond acceptors (Lipinski definition) is 6. The highest BCUT2D eigenvalue weighted by Gasteiger charge is 2.02. The fraction of sp³-hybridized carbons (Fsp3) is 0. The molecule has 1 aromatic carbocycles. The Morgan fingerprint density at radius 3 is 1.67 bits per heavy atom. The summed E-state index contributed by atoms with van der Waals surface area (Å²) in [6.45, 7) is 0. The highest BCUT2D eigenvalue weighted by atomic mass is 35.7. The van der Waals surface area contributed by atoms with E-state index in [9.17, 15) is 10.1 Å². The zero-order valence-electron chi connectivity index (χ0n) is 7.29. The molecule has 0 aromatic heterocycles. The zero-order valence-corrected chi connectivity index (χ0v) is 8.05. The quantitative estimate of drug-likeness (QED) is 0.384. The molecule has 15 heavy (non-hydrogen) atoms. The van der Waals surface area contributed by atoms with E-state index in [2.05, 4.69) is 5.73 Å². The Hall–Kier alpha value is -1.29. The first kappa shape index (κ1) is 13.7. The van der Waals surface area contributed by atoms with E-state index in [1.807, 2.05) is 0 Å². The van der Waals surface area contributed by atoms with E-state index in [0.29, 0.717) is 0 Å². The van der Waals surface area contributed by atoms with Gasteiger partial charge in [-0.25, -0.2) is 18.6 Å². The highest BCUT2D eigenvalue weighted by Crippen LogP contribution is 2.11. The maximum absolute atomic E-state index is 10.1. The first-order valence-corrected chi connectivity index (χ1v) is 4.62. The number of nitro groups is 1. The van der Waals surface area contributed by atoms with E-state index in [-0.39, 0.29) is 5.69 Å². The second-order valence-electron chi connectivity index (χ2n) is 2.30. The molecule has 0 amide bonds. The molecule has 1 aromatic rings. The second kappa shape index (κ2) is 5.56. The number of nitro benzene ring substituents is 1. The SMILES string of the molecule is [NH3+]c1ccc([N+](=O)[O-])cc1.[O-][Cl+3]([O-])([O-])[O-]. The maximum atomic E-state index is 10.1. The third kappa shape index (κ3) is 9.02. The van der Waals surface area contributed by atoms with Gasteiger partial charge in [0, 0.05) is 24.3 Å². The van der Waals surface area contributed by atoms with E-state index >= 15 is 0 Å². The number of quaternary nitrogens is 1. The van der Waals surface area contributed by atoms with Crippen LogP contribution in [-0.4, -0.2) is 4.92 Å². The molecule has 0 heterocycles. The molecule has 0 saturated heterocycles. The molecule has 8 nitrogen and oxygen atoms in total. The molecule has 9 heteroatoms. The Morgan fingerprint density at radius 1 is 1.07 bits per heavy atom. The Bertz CT molecular complexity index is 315. The molecule has 0 aliphatic carbocycles. The van der Waals surface area contributed by atoms with Crippen LogP contribution in [0.1, 0.15) is 0 Å². The van der Waals surface area contributed by atoms with Crippen molar-refractivity contribution in [1.82, 2.24) is 0 Å². The minimum absolute atomic E-state index is 0.104. The molecule has 0 aliphatic heterocycles. The monoisotopic (exact) mass is 238 g/mol. The summed E-state index contributed by atoms with van der Waals surface area (Å²) < 4.78 is 34.0. The minimum atomic E-state index is -4.94. The highest BCUT2D eigenvalue weighted by molar-refractivity contribution is 5.38. The predicted octanol–water partition coefficient (Wildman–Crippen LogP) is -4.29. The molecule has 0 radical (unpaired) electrons. The second-order valence-corrected chi connectivity index (χ2v) is 3.06. The van der Waals surface area contributed by atoms with Crippen molar-refractivity contribution in [2.45, 2.75) is 0 Å². The lowest BCUT2D eigenvalue weighted by Gasteiger charge is -2.17. The molecule has 0 aliphatic rings. The standard InChI is InChI=1S/C6H6N2O2.ClHO4/c7-5-1-3-6(4-2-5)8(9)10;2-1(3,4)5/h1-4H,7H2;(H,2,3,4,5). The van der Waals surface area contributed by atoms with Crippen molar-refractivity contribution >= 4 is 11.4 Å². The number of hydrogen-bond donors (Lipinski definition) is 1. The average molecular weight is 239 g/mol. The summed E-state index contributed by atoms with van der Waals surface area (Å²) >= 11 is 0. The molecule has 1 rings (SSSR count). The van der Waals surface area contributed by atoms with Crippen LogP contribution in [0.25, 0.3) is 0 Å². The van der Waals surface area contributed by atoms with Gasteiger partial charge >= 0.3 is 0 Å². The molecular formula is C6H7ClN2O6. The first-order chi connectivity index (χ1) is 6.70. The van der Waals surface area contributed by atoms with Crippen molar-refractivity contribution in [2.24, 2.45) is 0 Å². The number of halogens is 1. The van der Waals surface area contributed by atoms with Gasteiger partial charge in [-0.3, -0.25) is 10.1 Å². The van der Waals surface area contributed by atoms with Crippen LogP contribution in [0.2, 0.25) is 0 Å². The van der Waals surface area contributed by atoms with Crippen molar-refractivity contribution in [3.05, 3.63) is 34.4 Å². The largest absolute Gasteiger partial charge is 0.325 e. The van der Waals surface area contributed by atoms with E-state index in [1.54, 1.807) is 12.1 Å². The molecule has 3 N–H and O–H groups in total. The Labute approximate surface area is 86.1 Å². The van der Waals surface area contributed by atoms with Crippen LogP contribution in [0.5, 0.6) is 0 Å². The predicted molar refractivity (Wildman–Crippen MR) is 35.6 cm³/mol. The van der Waals surface area contributed by atoms with E-state index < -0.39 is 15.2 Å². The lowest BCUT2D eigenvalue weighted by molar-refractivity contribution is -2.00. The smallest absolute Gasteiger partial charge is 0.269 e. The van der Waals surface area contributed by atoms with E-state index in [1.165, 1.54) is 12.1 Å². The van der Waals surface area contributed by atoms with Gasteiger partial charge in [0.15, 0.2) is 0 Å². The van der Waals surface area contributed by atoms with Crippen LogP contribution in [0.4, 0.5) is 11.4 Å². The molecule has 0 saturated carbocycles. The molecule has 0 bridgehead atoms. The third-order valence-electron chi connectivity index (χ3n) is 1.15. The lowest BCUT2D eigenvalue weighted by Crippen LogP contribution is -2.68. The fourth-order valence-corrected chi connectivity index (χ4v) is 0.618. The summed E-state index contributed by atoms with van der Waals surface area (Å²) in [5, 5.41) is 10.1. The van der Waals surface area contributed by atoms with Crippen molar-refractivity contribution in [3.8, 4) is 0 Å². The summed E-state index contributed by atoms with van der Waals surface area (Å²) in [5.41, 5.74) is 4.49. The summed E-state index contributed by atoms with van der Waals surface area (Å²) in [6, 6.07) is 6.08. The summed E-state index contributed by atoms with van der Waals surface area (Å²) in [5.74, 6) is 0. The van der Waals surface area contributed by atoms with Crippen LogP contribution < -0.4 is 24.4 Å². The van der Waals surface area contributed by atoms with Crippen LogP contribution in [0.3, 0.4) is 0 Å². The van der Waals surface area contributed by atoms with Gasteiger partial charge in [-0.15, -0.1) is 10.2 Å². The van der Waals surface area contributed by atoms with Crippen LogP contribution in [0, 0.1) is 20.4 Å². The maximum Gasteiger partial charge on any atom is 0.269 e. The van der Waals surface area contributed by atoms with Crippen molar-refractivity contribution in [2.75, 3.05) is 0 Å². The number of rotatable bonds is 1.